The van der Waals surface area contributed by atoms with Crippen LogP contribution in [0.2, 0.25) is 0 Å². The van der Waals surface area contributed by atoms with E-state index in [4.69, 9.17) is 18.7 Å². The van der Waals surface area contributed by atoms with E-state index in [1.165, 1.54) is 19.3 Å². The van der Waals surface area contributed by atoms with Gasteiger partial charge in [0.05, 0.1) is 6.10 Å². The summed E-state index contributed by atoms with van der Waals surface area (Å²) in [6.07, 6.45) is 6.20. The molecular weight excluding hydrogens is 325 g/mol. The van der Waals surface area contributed by atoms with Crippen molar-refractivity contribution in [2.45, 2.75) is 45.1 Å². The summed E-state index contributed by atoms with van der Waals surface area (Å²) in [5.74, 6) is 0.610. The van der Waals surface area contributed by atoms with Crippen molar-refractivity contribution in [2.75, 3.05) is 6.66 Å². The topological polar surface area (TPSA) is 72.5 Å². The van der Waals surface area contributed by atoms with Crippen LogP contribution >= 0.6 is 8.38 Å². The predicted molar refractivity (Wildman–Crippen MR) is 93.4 cm³/mol. The first-order chi connectivity index (χ1) is 11.6. The van der Waals surface area contributed by atoms with Crippen LogP contribution in [0.15, 0.2) is 27.4 Å². The van der Waals surface area contributed by atoms with E-state index in [2.05, 4.69) is 0 Å². The van der Waals surface area contributed by atoms with Crippen molar-refractivity contribution in [1.29, 1.82) is 5.26 Å². The van der Waals surface area contributed by atoms with Gasteiger partial charge in [-0.3, -0.25) is 0 Å². The van der Waals surface area contributed by atoms with Gasteiger partial charge in [-0.15, -0.1) is 0 Å². The maximum atomic E-state index is 11.8. The molecule has 0 amide bonds. The average Bonchev–Trinajstić information content (AvgIpc) is 2.55. The number of fused-ring (bicyclic) bond motifs is 1. The minimum absolute atomic E-state index is 0.0505. The summed E-state index contributed by atoms with van der Waals surface area (Å²) < 4.78 is 17.1. The molecule has 1 heterocycles. The van der Waals surface area contributed by atoms with Crippen molar-refractivity contribution < 1.29 is 13.5 Å². The Hall–Kier alpha value is -1.89. The Kier molecular flexibility index (Phi) is 5.18. The van der Waals surface area contributed by atoms with Gasteiger partial charge in [0.25, 0.3) is 0 Å². The molecule has 1 aliphatic carbocycles. The van der Waals surface area contributed by atoms with E-state index in [-0.39, 0.29) is 11.7 Å². The summed E-state index contributed by atoms with van der Waals surface area (Å²) in [5.41, 5.74) is 0.494. The molecule has 1 unspecified atom stereocenters. The second-order valence-corrected chi connectivity index (χ2v) is 7.33. The van der Waals surface area contributed by atoms with E-state index in [0.717, 1.165) is 18.2 Å². The van der Waals surface area contributed by atoms with Crippen molar-refractivity contribution in [3.8, 4) is 11.8 Å². The summed E-state index contributed by atoms with van der Waals surface area (Å²) >= 11 is 0. The second-order valence-electron chi connectivity index (χ2n) is 6.06. The average molecular weight is 345 g/mol. The van der Waals surface area contributed by atoms with E-state index in [1.54, 1.807) is 13.0 Å². The largest absolute Gasteiger partial charge is 0.447 e. The van der Waals surface area contributed by atoms with Crippen LogP contribution in [0.3, 0.4) is 0 Å². The molecule has 5 nitrogen and oxygen atoms in total. The molecule has 1 aromatic carbocycles. The van der Waals surface area contributed by atoms with Crippen LogP contribution in [0.1, 0.15) is 43.2 Å². The lowest BCUT2D eigenvalue weighted by Crippen LogP contribution is -2.14. The monoisotopic (exact) mass is 345 g/mol. The Balaban J connectivity index is 1.78. The minimum Gasteiger partial charge on any atom is -0.447 e. The summed E-state index contributed by atoms with van der Waals surface area (Å²) in [7, 11) is -1.03. The summed E-state index contributed by atoms with van der Waals surface area (Å²) in [6, 6.07) is 7.21. The van der Waals surface area contributed by atoms with E-state index in [0.29, 0.717) is 16.9 Å². The van der Waals surface area contributed by atoms with E-state index in [9.17, 15) is 4.79 Å². The van der Waals surface area contributed by atoms with Gasteiger partial charge in [0.2, 0.25) is 8.38 Å². The van der Waals surface area contributed by atoms with Crippen LogP contribution in [0.25, 0.3) is 11.0 Å². The van der Waals surface area contributed by atoms with Crippen LogP contribution in [0.4, 0.5) is 0 Å². The van der Waals surface area contributed by atoms with Crippen LogP contribution in [0.5, 0.6) is 5.75 Å². The smallest absolute Gasteiger partial charge is 0.354 e. The lowest BCUT2D eigenvalue weighted by Gasteiger charge is -2.25. The predicted octanol–water partition coefficient (Wildman–Crippen LogP) is 4.64. The molecule has 1 atom stereocenters. The molecule has 0 aliphatic heterocycles. The fraction of sp³-hybridized carbons (Fsp3) is 0.444. The Morgan fingerprint density at radius 3 is 2.75 bits per heavy atom. The molecule has 1 saturated carbocycles. The van der Waals surface area contributed by atoms with Crippen LogP contribution in [-0.2, 0) is 4.52 Å². The highest BCUT2D eigenvalue weighted by molar-refractivity contribution is 7.46. The number of nitriles is 1. The van der Waals surface area contributed by atoms with Gasteiger partial charge in [0.1, 0.15) is 23.0 Å². The molecule has 3 rings (SSSR count). The fourth-order valence-electron chi connectivity index (χ4n) is 3.07. The Bertz CT molecular complexity index is 833. The Morgan fingerprint density at radius 1 is 1.29 bits per heavy atom. The van der Waals surface area contributed by atoms with E-state index in [1.807, 2.05) is 24.9 Å². The molecule has 6 heteroatoms. The lowest BCUT2D eigenvalue weighted by molar-refractivity contribution is 0.160. The molecule has 2 aromatic rings. The zero-order chi connectivity index (χ0) is 17.1. The van der Waals surface area contributed by atoms with Crippen molar-refractivity contribution in [3.63, 3.8) is 0 Å². The van der Waals surface area contributed by atoms with Crippen molar-refractivity contribution in [2.24, 2.45) is 0 Å². The molecule has 0 N–H and O–H groups in total. The van der Waals surface area contributed by atoms with Crippen molar-refractivity contribution in [1.82, 2.24) is 0 Å². The molecule has 1 aromatic heterocycles. The highest BCUT2D eigenvalue weighted by Crippen LogP contribution is 2.40. The van der Waals surface area contributed by atoms with Crippen molar-refractivity contribution in [3.05, 3.63) is 39.7 Å². The third-order valence-corrected chi connectivity index (χ3v) is 5.40. The number of rotatable bonds is 4. The Labute approximate surface area is 142 Å². The van der Waals surface area contributed by atoms with E-state index < -0.39 is 14.0 Å². The minimum atomic E-state index is -1.03. The SMILES string of the molecule is Cc1c(C#N)c(=O)oc2cc(OP(C)OC3CCCCC3)ccc12. The first-order valence-corrected chi connectivity index (χ1v) is 9.77. The quantitative estimate of drug-likeness (QED) is 0.596. The molecule has 1 fully saturated rings. The molecule has 1 aliphatic rings. The van der Waals surface area contributed by atoms with Gasteiger partial charge in [0.15, 0.2) is 0 Å². The third-order valence-electron chi connectivity index (χ3n) is 4.33. The second kappa shape index (κ2) is 7.34. The molecule has 24 heavy (non-hydrogen) atoms. The number of nitrogens with zero attached hydrogens (tertiary/aromatic N) is 1. The Morgan fingerprint density at radius 2 is 2.04 bits per heavy atom. The number of aryl methyl sites for hydroxylation is 1. The molecular formula is C18H20NO4P. The van der Waals surface area contributed by atoms with Gasteiger partial charge in [-0.25, -0.2) is 4.79 Å². The zero-order valence-corrected chi connectivity index (χ0v) is 14.8. The number of benzene rings is 1. The summed E-state index contributed by atoms with van der Waals surface area (Å²) in [4.78, 5) is 11.8. The zero-order valence-electron chi connectivity index (χ0n) is 13.9. The molecule has 0 saturated heterocycles. The van der Waals surface area contributed by atoms with Gasteiger partial charge < -0.3 is 13.5 Å². The molecule has 0 bridgehead atoms. The van der Waals surface area contributed by atoms with Crippen LogP contribution in [-0.4, -0.2) is 12.8 Å². The van der Waals surface area contributed by atoms with Gasteiger partial charge >= 0.3 is 5.63 Å². The molecule has 0 spiro atoms. The number of hydrogen-bond acceptors (Lipinski definition) is 5. The van der Waals surface area contributed by atoms with Crippen molar-refractivity contribution >= 4 is 19.3 Å². The first-order valence-electron chi connectivity index (χ1n) is 8.14. The standard InChI is InChI=1S/C18H20NO4P/c1-12-15-9-8-14(10-17(15)21-18(20)16(12)11-19)23-24(2)22-13-6-4-3-5-7-13/h8-10,13H,3-7H2,1-2H3. The third kappa shape index (κ3) is 3.61. The lowest BCUT2D eigenvalue weighted by atomic mass is 9.98. The van der Waals surface area contributed by atoms with E-state index >= 15 is 0 Å². The van der Waals surface area contributed by atoms with Crippen LogP contribution < -0.4 is 10.1 Å². The highest BCUT2D eigenvalue weighted by Gasteiger charge is 2.19. The normalized spacial score (nSPS) is 16.7. The highest BCUT2D eigenvalue weighted by atomic mass is 31.2. The molecule has 0 radical (unpaired) electrons. The fourth-order valence-corrected chi connectivity index (χ4v) is 4.16. The first kappa shape index (κ1) is 17.0. The van der Waals surface area contributed by atoms with Gasteiger partial charge in [-0.1, -0.05) is 19.3 Å². The van der Waals surface area contributed by atoms with Gasteiger partial charge in [-0.2, -0.15) is 5.26 Å². The van der Waals surface area contributed by atoms with Crippen LogP contribution in [0, 0.1) is 18.3 Å². The number of hydrogen-bond donors (Lipinski definition) is 0. The van der Waals surface area contributed by atoms with Gasteiger partial charge in [-0.05, 0) is 37.5 Å². The molecule has 126 valence electrons. The summed E-state index contributed by atoms with van der Waals surface area (Å²) in [6.45, 7) is 3.69. The summed E-state index contributed by atoms with van der Waals surface area (Å²) in [5, 5.41) is 9.78. The maximum Gasteiger partial charge on any atom is 0.354 e. The van der Waals surface area contributed by atoms with Gasteiger partial charge in [0, 0.05) is 18.1 Å². The maximum absolute atomic E-state index is 11.8.